The summed E-state index contributed by atoms with van der Waals surface area (Å²) in [5.41, 5.74) is 4.08. The fourth-order valence-electron chi connectivity index (χ4n) is 3.35. The number of anilines is 1. The van der Waals surface area contributed by atoms with Gasteiger partial charge in [-0.25, -0.2) is 4.98 Å². The summed E-state index contributed by atoms with van der Waals surface area (Å²) in [5.74, 6) is 0.839. The lowest BCUT2D eigenvalue weighted by Crippen LogP contribution is -2.42. The molecule has 6 heteroatoms. The van der Waals surface area contributed by atoms with Crippen LogP contribution in [0.3, 0.4) is 0 Å². The van der Waals surface area contributed by atoms with Crippen LogP contribution in [0, 0.1) is 13.8 Å². The molecular weight excluding hydrogens is 412 g/mol. The number of rotatable bonds is 5. The van der Waals surface area contributed by atoms with Crippen LogP contribution in [-0.2, 0) is 4.79 Å². The molecule has 1 heterocycles. The van der Waals surface area contributed by atoms with Crippen LogP contribution in [0.2, 0.25) is 5.02 Å². The first kappa shape index (κ1) is 20.9. The molecule has 5 nitrogen and oxygen atoms in total. The maximum atomic E-state index is 12.8. The number of benzene rings is 3. The molecule has 0 aliphatic heterocycles. The van der Waals surface area contributed by atoms with E-state index >= 15 is 0 Å². The van der Waals surface area contributed by atoms with E-state index in [2.05, 4.69) is 16.4 Å². The van der Waals surface area contributed by atoms with E-state index < -0.39 is 5.60 Å². The van der Waals surface area contributed by atoms with Gasteiger partial charge >= 0.3 is 0 Å². The summed E-state index contributed by atoms with van der Waals surface area (Å²) in [6.07, 6.45) is 0. The topological polar surface area (TPSA) is 64.4 Å². The van der Waals surface area contributed by atoms with Crippen molar-refractivity contribution in [2.75, 3.05) is 5.32 Å². The van der Waals surface area contributed by atoms with Crippen LogP contribution in [0.15, 0.2) is 65.1 Å². The van der Waals surface area contributed by atoms with E-state index in [0.29, 0.717) is 33.4 Å². The number of carbonyl (C=O) groups excluding carboxylic acids is 1. The van der Waals surface area contributed by atoms with Gasteiger partial charge in [-0.15, -0.1) is 0 Å². The molecular formula is C25H23ClN2O3. The molecule has 4 aromatic rings. The van der Waals surface area contributed by atoms with E-state index in [4.69, 9.17) is 20.8 Å². The molecule has 0 aliphatic rings. The Bertz CT molecular complexity index is 1240. The number of amides is 1. The van der Waals surface area contributed by atoms with E-state index in [0.717, 1.165) is 16.7 Å². The lowest BCUT2D eigenvalue weighted by molar-refractivity contribution is -0.128. The van der Waals surface area contributed by atoms with E-state index in [9.17, 15) is 4.79 Å². The molecule has 0 saturated carbocycles. The van der Waals surface area contributed by atoms with Crippen LogP contribution >= 0.6 is 11.6 Å². The van der Waals surface area contributed by atoms with Gasteiger partial charge in [-0.05, 0) is 82.3 Å². The summed E-state index contributed by atoms with van der Waals surface area (Å²) in [5, 5.41) is 3.51. The molecule has 0 radical (unpaired) electrons. The third-order valence-corrected chi connectivity index (χ3v) is 5.10. The lowest BCUT2D eigenvalue weighted by atomic mass is 10.1. The zero-order valence-corrected chi connectivity index (χ0v) is 18.6. The first-order valence-corrected chi connectivity index (χ1v) is 10.3. The number of aryl methyl sites for hydroxylation is 2. The van der Waals surface area contributed by atoms with Crippen molar-refractivity contribution in [1.29, 1.82) is 0 Å². The van der Waals surface area contributed by atoms with Gasteiger partial charge in [-0.2, -0.15) is 0 Å². The van der Waals surface area contributed by atoms with Crippen LogP contribution < -0.4 is 10.1 Å². The first-order chi connectivity index (χ1) is 14.7. The normalized spacial score (nSPS) is 11.5. The Labute approximate surface area is 186 Å². The van der Waals surface area contributed by atoms with Crippen LogP contribution in [0.25, 0.3) is 22.6 Å². The third kappa shape index (κ3) is 4.72. The molecule has 0 atom stereocenters. The molecule has 1 amide bonds. The van der Waals surface area contributed by atoms with Crippen LogP contribution in [0.5, 0.6) is 5.75 Å². The van der Waals surface area contributed by atoms with Crippen molar-refractivity contribution in [2.24, 2.45) is 0 Å². The van der Waals surface area contributed by atoms with Gasteiger partial charge in [0.1, 0.15) is 11.3 Å². The number of nitrogens with zero attached hydrogens (tertiary/aromatic N) is 1. The zero-order valence-electron chi connectivity index (χ0n) is 17.8. The Morgan fingerprint density at radius 2 is 1.68 bits per heavy atom. The van der Waals surface area contributed by atoms with Crippen LogP contribution in [-0.4, -0.2) is 16.5 Å². The summed E-state index contributed by atoms with van der Waals surface area (Å²) < 4.78 is 11.8. The van der Waals surface area contributed by atoms with Crippen molar-refractivity contribution in [3.63, 3.8) is 0 Å². The van der Waals surface area contributed by atoms with Gasteiger partial charge in [0.15, 0.2) is 11.2 Å². The quantitative estimate of drug-likeness (QED) is 0.386. The van der Waals surface area contributed by atoms with Crippen molar-refractivity contribution in [3.8, 4) is 17.2 Å². The Morgan fingerprint density at radius 1 is 1.00 bits per heavy atom. The van der Waals surface area contributed by atoms with Gasteiger partial charge in [0.05, 0.1) is 0 Å². The number of halogens is 1. The average Bonchev–Trinajstić information content (AvgIpc) is 3.12. The van der Waals surface area contributed by atoms with Crippen molar-refractivity contribution in [3.05, 3.63) is 76.8 Å². The molecule has 1 N–H and O–H groups in total. The highest BCUT2D eigenvalue weighted by Crippen LogP contribution is 2.28. The number of carbonyl (C=O) groups is 1. The van der Waals surface area contributed by atoms with Crippen molar-refractivity contribution < 1.29 is 13.9 Å². The summed E-state index contributed by atoms with van der Waals surface area (Å²) in [4.78, 5) is 17.4. The molecule has 1 aromatic heterocycles. The Balaban J connectivity index is 1.54. The van der Waals surface area contributed by atoms with Gasteiger partial charge < -0.3 is 14.5 Å². The minimum atomic E-state index is -1.09. The Morgan fingerprint density at radius 3 is 2.35 bits per heavy atom. The zero-order chi connectivity index (χ0) is 22.2. The average molecular weight is 435 g/mol. The van der Waals surface area contributed by atoms with Gasteiger partial charge in [-0.3, -0.25) is 4.79 Å². The number of oxazole rings is 1. The molecule has 158 valence electrons. The maximum absolute atomic E-state index is 12.8. The number of fused-ring (bicyclic) bond motifs is 1. The Hall–Kier alpha value is -3.31. The summed E-state index contributed by atoms with van der Waals surface area (Å²) in [6.45, 7) is 7.51. The minimum Gasteiger partial charge on any atom is -0.478 e. The summed E-state index contributed by atoms with van der Waals surface area (Å²) in [7, 11) is 0. The molecule has 4 rings (SSSR count). The lowest BCUT2D eigenvalue weighted by Gasteiger charge is -2.25. The fourth-order valence-corrected chi connectivity index (χ4v) is 3.48. The monoisotopic (exact) mass is 434 g/mol. The van der Waals surface area contributed by atoms with E-state index in [1.54, 1.807) is 56.3 Å². The molecule has 0 aliphatic carbocycles. The maximum Gasteiger partial charge on any atom is 0.267 e. The third-order valence-electron chi connectivity index (χ3n) is 4.85. The van der Waals surface area contributed by atoms with E-state index in [1.165, 1.54) is 0 Å². The largest absolute Gasteiger partial charge is 0.478 e. The fraction of sp³-hybridized carbons (Fsp3) is 0.200. The molecule has 3 aromatic carbocycles. The molecule has 0 unspecified atom stereocenters. The standard InChI is InChI=1S/C25H23ClN2O3/c1-15-11-16(2)13-17(12-15)23-28-21-14-19(7-10-22(21)30-23)27-24(29)25(3,4)31-20-8-5-18(26)6-9-20/h5-14H,1-4H3,(H,27,29). The van der Waals surface area contributed by atoms with Gasteiger partial charge in [0.2, 0.25) is 5.89 Å². The highest BCUT2D eigenvalue weighted by atomic mass is 35.5. The van der Waals surface area contributed by atoms with Gasteiger partial charge in [0, 0.05) is 16.3 Å². The first-order valence-electron chi connectivity index (χ1n) is 9.95. The number of aromatic nitrogens is 1. The van der Waals surface area contributed by atoms with Crippen molar-refractivity contribution in [2.45, 2.75) is 33.3 Å². The van der Waals surface area contributed by atoms with E-state index in [-0.39, 0.29) is 5.91 Å². The SMILES string of the molecule is Cc1cc(C)cc(-c2nc3cc(NC(=O)C(C)(C)Oc4ccc(Cl)cc4)ccc3o2)c1. The second kappa shape index (κ2) is 8.08. The predicted octanol–water partition coefficient (Wildman–Crippen LogP) is 6.56. The number of ether oxygens (including phenoxy) is 1. The highest BCUT2D eigenvalue weighted by molar-refractivity contribution is 6.30. The predicted molar refractivity (Wildman–Crippen MR) is 124 cm³/mol. The van der Waals surface area contributed by atoms with Gasteiger partial charge in [-0.1, -0.05) is 28.8 Å². The van der Waals surface area contributed by atoms with Crippen LogP contribution in [0.1, 0.15) is 25.0 Å². The highest BCUT2D eigenvalue weighted by Gasteiger charge is 2.30. The van der Waals surface area contributed by atoms with E-state index in [1.807, 2.05) is 26.0 Å². The molecule has 0 spiro atoms. The minimum absolute atomic E-state index is 0.278. The molecule has 0 bridgehead atoms. The summed E-state index contributed by atoms with van der Waals surface area (Å²) >= 11 is 5.91. The molecule has 0 saturated heterocycles. The second-order valence-electron chi connectivity index (χ2n) is 8.10. The second-order valence-corrected chi connectivity index (χ2v) is 8.53. The Kier molecular flexibility index (Phi) is 5.46. The molecule has 31 heavy (non-hydrogen) atoms. The number of hydrogen-bond donors (Lipinski definition) is 1. The smallest absolute Gasteiger partial charge is 0.267 e. The number of hydrogen-bond acceptors (Lipinski definition) is 4. The summed E-state index contributed by atoms with van der Waals surface area (Å²) in [6, 6.07) is 18.5. The molecule has 0 fully saturated rings. The van der Waals surface area contributed by atoms with Crippen molar-refractivity contribution in [1.82, 2.24) is 4.98 Å². The van der Waals surface area contributed by atoms with Gasteiger partial charge in [0.25, 0.3) is 5.91 Å². The van der Waals surface area contributed by atoms with Crippen LogP contribution in [0.4, 0.5) is 5.69 Å². The number of nitrogens with one attached hydrogen (secondary N) is 1. The van der Waals surface area contributed by atoms with Crippen molar-refractivity contribution >= 4 is 34.3 Å².